The second-order valence-corrected chi connectivity index (χ2v) is 4.98. The smallest absolute Gasteiger partial charge is 0.228 e. The monoisotopic (exact) mass is 271 g/mol. The summed E-state index contributed by atoms with van der Waals surface area (Å²) in [5, 5.41) is 12.3. The number of phenolic OH excluding ortho intramolecular Hbond substituents is 1. The first-order chi connectivity index (χ1) is 9.66. The lowest BCUT2D eigenvalue weighted by molar-refractivity contribution is -0.117. The van der Waals surface area contributed by atoms with Gasteiger partial charge in [-0.1, -0.05) is 30.3 Å². The molecule has 0 unspecified atom stereocenters. The van der Waals surface area contributed by atoms with Crippen LogP contribution < -0.4 is 5.32 Å². The standard InChI is InChI=1S/C16H14FNO2/c17-13-6-2-1-5-10(13)11-9-12(11)16(20)18-14-7-3-4-8-15(14)19/h1-8,11-12,19H,9H2,(H,18,20)/t11-,12+/m1/s1. The number of aromatic hydroxyl groups is 1. The summed E-state index contributed by atoms with van der Waals surface area (Å²) in [6, 6.07) is 13.1. The van der Waals surface area contributed by atoms with Crippen LogP contribution in [0.1, 0.15) is 17.9 Å². The summed E-state index contributed by atoms with van der Waals surface area (Å²) in [6.45, 7) is 0. The largest absolute Gasteiger partial charge is 0.506 e. The molecule has 20 heavy (non-hydrogen) atoms. The van der Waals surface area contributed by atoms with E-state index in [1.165, 1.54) is 12.1 Å². The molecule has 2 N–H and O–H groups in total. The molecular weight excluding hydrogens is 257 g/mol. The lowest BCUT2D eigenvalue weighted by Gasteiger charge is -2.07. The number of benzene rings is 2. The lowest BCUT2D eigenvalue weighted by atomic mass is 10.1. The van der Waals surface area contributed by atoms with Gasteiger partial charge in [-0.25, -0.2) is 4.39 Å². The molecule has 1 aliphatic rings. The third-order valence-corrected chi connectivity index (χ3v) is 3.59. The number of halogens is 1. The molecule has 1 fully saturated rings. The second kappa shape index (κ2) is 4.96. The van der Waals surface area contributed by atoms with Gasteiger partial charge in [0.1, 0.15) is 11.6 Å². The Labute approximate surface area is 116 Å². The topological polar surface area (TPSA) is 49.3 Å². The van der Waals surface area contributed by atoms with Gasteiger partial charge in [-0.2, -0.15) is 0 Å². The molecular formula is C16H14FNO2. The molecule has 1 amide bonds. The summed E-state index contributed by atoms with van der Waals surface area (Å²) < 4.78 is 13.6. The third-order valence-electron chi connectivity index (χ3n) is 3.59. The molecule has 2 aromatic rings. The average molecular weight is 271 g/mol. The number of rotatable bonds is 3. The van der Waals surface area contributed by atoms with Crippen LogP contribution in [0.4, 0.5) is 10.1 Å². The molecule has 4 heteroatoms. The number of para-hydroxylation sites is 2. The predicted octanol–water partition coefficient (Wildman–Crippen LogP) is 3.27. The molecule has 2 aromatic carbocycles. The van der Waals surface area contributed by atoms with Gasteiger partial charge in [-0.05, 0) is 36.1 Å². The zero-order valence-corrected chi connectivity index (χ0v) is 10.7. The van der Waals surface area contributed by atoms with Crippen molar-refractivity contribution in [2.75, 3.05) is 5.32 Å². The Bertz CT molecular complexity index is 656. The number of hydrogen-bond donors (Lipinski definition) is 2. The molecule has 2 atom stereocenters. The highest BCUT2D eigenvalue weighted by Gasteiger charge is 2.45. The van der Waals surface area contributed by atoms with E-state index < -0.39 is 0 Å². The fourth-order valence-corrected chi connectivity index (χ4v) is 2.41. The van der Waals surface area contributed by atoms with Crippen LogP contribution in [0.15, 0.2) is 48.5 Å². The zero-order valence-electron chi connectivity index (χ0n) is 10.7. The Morgan fingerprint density at radius 3 is 2.60 bits per heavy atom. The van der Waals surface area contributed by atoms with Crippen molar-refractivity contribution in [3.8, 4) is 5.75 Å². The van der Waals surface area contributed by atoms with Crippen molar-refractivity contribution >= 4 is 11.6 Å². The quantitative estimate of drug-likeness (QED) is 0.842. The van der Waals surface area contributed by atoms with E-state index in [-0.39, 0.29) is 29.3 Å². The van der Waals surface area contributed by atoms with Gasteiger partial charge in [-0.3, -0.25) is 4.79 Å². The molecule has 0 saturated heterocycles. The van der Waals surface area contributed by atoms with E-state index in [0.717, 1.165) is 0 Å². The number of carbonyl (C=O) groups excluding carboxylic acids is 1. The van der Waals surface area contributed by atoms with Crippen molar-refractivity contribution in [1.29, 1.82) is 0 Å². The molecule has 3 rings (SSSR count). The Morgan fingerprint density at radius 1 is 1.15 bits per heavy atom. The normalized spacial score (nSPS) is 20.4. The molecule has 0 radical (unpaired) electrons. The molecule has 0 aromatic heterocycles. The highest BCUT2D eigenvalue weighted by atomic mass is 19.1. The first-order valence-electron chi connectivity index (χ1n) is 6.50. The predicted molar refractivity (Wildman–Crippen MR) is 74.0 cm³/mol. The maximum absolute atomic E-state index is 13.6. The van der Waals surface area contributed by atoms with Crippen LogP contribution in [0.3, 0.4) is 0 Å². The van der Waals surface area contributed by atoms with Gasteiger partial charge in [0, 0.05) is 5.92 Å². The fourth-order valence-electron chi connectivity index (χ4n) is 2.41. The van der Waals surface area contributed by atoms with Crippen LogP contribution in [-0.2, 0) is 4.79 Å². The summed E-state index contributed by atoms with van der Waals surface area (Å²) in [5.74, 6) is -0.715. The number of nitrogens with one attached hydrogen (secondary N) is 1. The van der Waals surface area contributed by atoms with E-state index in [2.05, 4.69) is 5.32 Å². The van der Waals surface area contributed by atoms with Crippen LogP contribution >= 0.6 is 0 Å². The van der Waals surface area contributed by atoms with Crippen LogP contribution in [0, 0.1) is 11.7 Å². The number of anilines is 1. The summed E-state index contributed by atoms with van der Waals surface area (Å²) in [6.07, 6.45) is 0.639. The van der Waals surface area contributed by atoms with Crippen molar-refractivity contribution < 1.29 is 14.3 Å². The maximum atomic E-state index is 13.6. The van der Waals surface area contributed by atoms with Gasteiger partial charge in [0.25, 0.3) is 0 Å². The molecule has 0 aliphatic heterocycles. The minimum absolute atomic E-state index is 0.0314. The van der Waals surface area contributed by atoms with Gasteiger partial charge < -0.3 is 10.4 Å². The minimum Gasteiger partial charge on any atom is -0.506 e. The van der Waals surface area contributed by atoms with E-state index in [4.69, 9.17) is 0 Å². The summed E-state index contributed by atoms with van der Waals surface area (Å²) >= 11 is 0. The molecule has 3 nitrogen and oxygen atoms in total. The van der Waals surface area contributed by atoms with Crippen molar-refractivity contribution in [2.45, 2.75) is 12.3 Å². The van der Waals surface area contributed by atoms with Crippen molar-refractivity contribution in [3.63, 3.8) is 0 Å². The Kier molecular flexibility index (Phi) is 3.14. The van der Waals surface area contributed by atoms with Crippen LogP contribution in [-0.4, -0.2) is 11.0 Å². The molecule has 102 valence electrons. The highest BCUT2D eigenvalue weighted by molar-refractivity contribution is 5.96. The van der Waals surface area contributed by atoms with Crippen LogP contribution in [0.2, 0.25) is 0 Å². The van der Waals surface area contributed by atoms with E-state index >= 15 is 0 Å². The van der Waals surface area contributed by atoms with E-state index in [9.17, 15) is 14.3 Å². The summed E-state index contributed by atoms with van der Waals surface area (Å²) in [5.41, 5.74) is 0.974. The molecule has 1 aliphatic carbocycles. The Hall–Kier alpha value is -2.36. The first kappa shape index (κ1) is 12.7. The SMILES string of the molecule is O=C(Nc1ccccc1O)[C@H]1C[C@@H]1c1ccccc1F. The maximum Gasteiger partial charge on any atom is 0.228 e. The van der Waals surface area contributed by atoms with Crippen LogP contribution in [0.25, 0.3) is 0 Å². The number of phenols is 1. The number of hydrogen-bond acceptors (Lipinski definition) is 2. The van der Waals surface area contributed by atoms with Crippen LogP contribution in [0.5, 0.6) is 5.75 Å². The minimum atomic E-state index is -0.268. The highest BCUT2D eigenvalue weighted by Crippen LogP contribution is 2.48. The summed E-state index contributed by atoms with van der Waals surface area (Å²) in [7, 11) is 0. The first-order valence-corrected chi connectivity index (χ1v) is 6.50. The number of amides is 1. The molecule has 0 spiro atoms. The lowest BCUT2D eigenvalue weighted by Crippen LogP contribution is -2.14. The average Bonchev–Trinajstić information content (AvgIpc) is 3.22. The number of carbonyl (C=O) groups is 1. The Balaban J connectivity index is 1.69. The van der Waals surface area contributed by atoms with Crippen molar-refractivity contribution in [1.82, 2.24) is 0 Å². The zero-order chi connectivity index (χ0) is 14.1. The third kappa shape index (κ3) is 2.37. The Morgan fingerprint density at radius 2 is 1.85 bits per heavy atom. The van der Waals surface area contributed by atoms with Gasteiger partial charge in [-0.15, -0.1) is 0 Å². The molecule has 0 bridgehead atoms. The second-order valence-electron chi connectivity index (χ2n) is 4.98. The van der Waals surface area contributed by atoms with Crippen molar-refractivity contribution in [3.05, 3.63) is 59.9 Å². The molecule has 0 heterocycles. The van der Waals surface area contributed by atoms with Gasteiger partial charge >= 0.3 is 0 Å². The fraction of sp³-hybridized carbons (Fsp3) is 0.188. The van der Waals surface area contributed by atoms with Gasteiger partial charge in [0.05, 0.1) is 5.69 Å². The van der Waals surface area contributed by atoms with Gasteiger partial charge in [0.2, 0.25) is 5.91 Å². The molecule has 1 saturated carbocycles. The van der Waals surface area contributed by atoms with Gasteiger partial charge in [0.15, 0.2) is 0 Å². The van der Waals surface area contributed by atoms with E-state index in [1.54, 1.807) is 36.4 Å². The summed E-state index contributed by atoms with van der Waals surface area (Å²) in [4.78, 5) is 12.1. The van der Waals surface area contributed by atoms with E-state index in [0.29, 0.717) is 17.7 Å². The van der Waals surface area contributed by atoms with Crippen molar-refractivity contribution in [2.24, 2.45) is 5.92 Å². The van der Waals surface area contributed by atoms with E-state index in [1.807, 2.05) is 0 Å².